The molecule has 456 valence electrons. The summed E-state index contributed by atoms with van der Waals surface area (Å²) in [5, 5.41) is 6.47. The topological polar surface area (TPSA) is 130 Å². The molecule has 10 heteroatoms. The number of hydrogen-bond donors (Lipinski definition) is 0. The van der Waals surface area contributed by atoms with Gasteiger partial charge in [0.15, 0.2) is 34.9 Å². The zero-order chi connectivity index (χ0) is 64.3. The zero-order valence-electron chi connectivity index (χ0n) is 53.5. The van der Waals surface area contributed by atoms with Crippen LogP contribution in [0.3, 0.4) is 0 Å². The maximum atomic E-state index is 6.86. The van der Waals surface area contributed by atoms with Crippen LogP contribution in [0.15, 0.2) is 262 Å². The summed E-state index contributed by atoms with van der Waals surface area (Å²) in [6, 6.07) is 84.2. The van der Waals surface area contributed by atoms with Gasteiger partial charge in [-0.05, 0) is 122 Å². The summed E-state index contributed by atoms with van der Waals surface area (Å²) in [4.78, 5) is 34.6. The molecule has 17 aromatic rings. The summed E-state index contributed by atoms with van der Waals surface area (Å²) < 4.78 is 20.0. The van der Waals surface area contributed by atoms with E-state index in [0.29, 0.717) is 40.6 Å². The Kier molecular flexibility index (Phi) is 11.9. The lowest BCUT2D eigenvalue weighted by molar-refractivity contribution is 0.619. The third kappa shape index (κ3) is 8.27. The van der Waals surface area contributed by atoms with E-state index in [4.69, 9.17) is 43.2 Å². The van der Waals surface area contributed by atoms with E-state index in [1.807, 2.05) is 78.9 Å². The highest BCUT2D eigenvalue weighted by atomic mass is 16.3. The highest BCUT2D eigenvalue weighted by Gasteiger charge is 2.41. The average molecular weight is 1240 g/mol. The largest absolute Gasteiger partial charge is 0.456 e. The van der Waals surface area contributed by atoms with Crippen molar-refractivity contribution in [2.45, 2.75) is 57.8 Å². The number of rotatable bonds is 6. The number of fused-ring (bicyclic) bond motifs is 20. The van der Waals surface area contributed by atoms with Gasteiger partial charge < -0.3 is 13.3 Å². The molecule has 0 radical (unpaired) electrons. The molecule has 0 N–H and O–H groups in total. The summed E-state index contributed by atoms with van der Waals surface area (Å²) >= 11 is 0. The quantitative estimate of drug-likeness (QED) is 0.159. The molecule has 6 aromatic heterocycles. The maximum Gasteiger partial charge on any atom is 0.182 e. The minimum absolute atomic E-state index is 0.154. The molecule has 0 bridgehead atoms. The van der Waals surface area contributed by atoms with E-state index in [9.17, 15) is 0 Å². The number of benzene rings is 11. The van der Waals surface area contributed by atoms with E-state index < -0.39 is 0 Å². The smallest absolute Gasteiger partial charge is 0.182 e. The lowest BCUT2D eigenvalue weighted by Gasteiger charge is -2.21. The van der Waals surface area contributed by atoms with Gasteiger partial charge in [-0.15, -0.1) is 0 Å². The van der Waals surface area contributed by atoms with Crippen molar-refractivity contribution in [3.63, 3.8) is 0 Å². The molecule has 0 aliphatic heterocycles. The first-order valence-electron chi connectivity index (χ1n) is 32.7. The van der Waals surface area contributed by atoms with Crippen LogP contribution in [0.4, 0.5) is 0 Å². The summed E-state index contributed by atoms with van der Waals surface area (Å²) in [7, 11) is 0. The van der Waals surface area contributed by atoms with Crippen LogP contribution in [0.5, 0.6) is 0 Å². The fourth-order valence-electron chi connectivity index (χ4n) is 15.8. The molecular formula is C86H59N7O3. The van der Waals surface area contributed by atoms with Crippen LogP contribution in [-0.2, 0) is 16.2 Å². The highest BCUT2D eigenvalue weighted by molar-refractivity contribution is 6.12. The van der Waals surface area contributed by atoms with Gasteiger partial charge in [-0.1, -0.05) is 217 Å². The number of aromatic nitrogens is 7. The van der Waals surface area contributed by atoms with E-state index in [-0.39, 0.29) is 16.2 Å². The Morgan fingerprint density at radius 3 is 1.25 bits per heavy atom. The predicted octanol–water partition coefficient (Wildman–Crippen LogP) is 21.8. The molecule has 96 heavy (non-hydrogen) atoms. The molecule has 3 aliphatic rings. The second-order valence-electron chi connectivity index (χ2n) is 27.1. The second-order valence-corrected chi connectivity index (χ2v) is 27.1. The molecule has 11 aromatic carbocycles. The number of nitrogens with zero attached hydrogens (tertiary/aromatic N) is 7. The molecule has 10 nitrogen and oxygen atoms in total. The Morgan fingerprint density at radius 1 is 0.250 bits per heavy atom. The van der Waals surface area contributed by atoms with Crippen molar-refractivity contribution < 1.29 is 13.3 Å². The molecule has 0 saturated heterocycles. The van der Waals surface area contributed by atoms with E-state index in [0.717, 1.165) is 93.6 Å². The van der Waals surface area contributed by atoms with E-state index in [1.54, 1.807) is 6.20 Å². The molecule has 0 fully saturated rings. The standard InChI is InChI=1S/C51H35N3O2.C35H24N4O/c1-50(2)39-17-8-5-12-30(39)32-22-20-28(26-41(32)50)47-52-48(54-49(53-47)38-16-11-15-36-33-14-7-10-19-42(33)55-45(36)38)29-21-23-34-37-25-24-35-31-13-6-9-18-40(31)51(3,4)44(35)46(37)56-43(34)27-29;1-35(2)27-13-7-6-12-23(27)25-17-18-26-24-16-15-22(20-29(24)40-31(26)30(25)35)33-37-32(21-10-4-3-5-11-21)38-34(39-33)28-14-8-9-19-36-28/h5-27H,1-4H3;3-20H,1-2H3. The molecule has 20 rings (SSSR count). The summed E-state index contributed by atoms with van der Waals surface area (Å²) in [5.74, 6) is 3.45. The lowest BCUT2D eigenvalue weighted by atomic mass is 9.82. The van der Waals surface area contributed by atoms with Crippen molar-refractivity contribution in [2.75, 3.05) is 0 Å². The van der Waals surface area contributed by atoms with Crippen molar-refractivity contribution in [3.8, 4) is 102 Å². The Bertz CT molecular complexity index is 6080. The maximum absolute atomic E-state index is 6.86. The van der Waals surface area contributed by atoms with E-state index in [1.165, 1.54) is 66.8 Å². The number of para-hydroxylation sites is 2. The first-order valence-corrected chi connectivity index (χ1v) is 32.7. The first kappa shape index (κ1) is 55.6. The van der Waals surface area contributed by atoms with Crippen molar-refractivity contribution >= 4 is 65.8 Å². The SMILES string of the molecule is CC1(C)c2ccccc2-c2ccc(-c3nc(-c4ccc5c(c4)oc4c6c(ccc45)-c4ccccc4C6(C)C)nc(-c4cccc5c4oc4ccccc45)n3)cc21.CC1(C)c2ccccc2-c2ccc3c(oc4cc(-c5nc(-c6ccccc6)nc(-c6ccccn6)n5)ccc43)c21. The molecule has 0 saturated carbocycles. The van der Waals surface area contributed by atoms with Crippen LogP contribution >= 0.6 is 0 Å². The Labute approximate surface area is 552 Å². The minimum Gasteiger partial charge on any atom is -0.456 e. The molecule has 0 atom stereocenters. The van der Waals surface area contributed by atoms with Crippen molar-refractivity contribution in [3.05, 3.63) is 282 Å². The van der Waals surface area contributed by atoms with Crippen LogP contribution in [0, 0.1) is 0 Å². The Balaban J connectivity index is 0.000000143. The van der Waals surface area contributed by atoms with Crippen LogP contribution < -0.4 is 0 Å². The predicted molar refractivity (Wildman–Crippen MR) is 385 cm³/mol. The molecule has 3 aliphatic carbocycles. The van der Waals surface area contributed by atoms with Gasteiger partial charge in [0.25, 0.3) is 0 Å². The monoisotopic (exact) mass is 1240 g/mol. The fourth-order valence-corrected chi connectivity index (χ4v) is 15.8. The van der Waals surface area contributed by atoms with Crippen molar-refractivity contribution in [1.29, 1.82) is 0 Å². The first-order chi connectivity index (χ1) is 46.8. The highest BCUT2D eigenvalue weighted by Crippen LogP contribution is 2.55. The number of hydrogen-bond acceptors (Lipinski definition) is 10. The number of furan rings is 3. The van der Waals surface area contributed by atoms with Gasteiger partial charge in [0, 0.05) is 88.1 Å². The lowest BCUT2D eigenvalue weighted by Crippen LogP contribution is -2.15. The van der Waals surface area contributed by atoms with Crippen LogP contribution in [0.25, 0.3) is 168 Å². The van der Waals surface area contributed by atoms with Gasteiger partial charge in [-0.3, -0.25) is 4.98 Å². The third-order valence-electron chi connectivity index (χ3n) is 20.5. The molecule has 0 unspecified atom stereocenters. The molecule has 0 amide bonds. The molecule has 0 spiro atoms. The average Bonchev–Trinajstić information content (AvgIpc) is 1.56. The van der Waals surface area contributed by atoms with Crippen molar-refractivity contribution in [1.82, 2.24) is 34.9 Å². The Morgan fingerprint density at radius 2 is 0.656 bits per heavy atom. The van der Waals surface area contributed by atoms with Crippen LogP contribution in [0.1, 0.15) is 74.9 Å². The van der Waals surface area contributed by atoms with Crippen molar-refractivity contribution in [2.24, 2.45) is 0 Å². The molecule has 6 heterocycles. The summed E-state index contributed by atoms with van der Waals surface area (Å²) in [5.41, 5.74) is 25.0. The van der Waals surface area contributed by atoms with Crippen LogP contribution in [-0.4, -0.2) is 34.9 Å². The molecular weight excluding hydrogens is 1180 g/mol. The van der Waals surface area contributed by atoms with Crippen LogP contribution in [0.2, 0.25) is 0 Å². The van der Waals surface area contributed by atoms with Gasteiger partial charge in [-0.2, -0.15) is 0 Å². The fraction of sp³-hybridized carbons (Fsp3) is 0.105. The van der Waals surface area contributed by atoms with E-state index in [2.05, 4.69) is 210 Å². The minimum atomic E-state index is -0.191. The number of pyridine rings is 1. The summed E-state index contributed by atoms with van der Waals surface area (Å²) in [6.07, 6.45) is 1.75. The van der Waals surface area contributed by atoms with Gasteiger partial charge in [-0.25, -0.2) is 29.9 Å². The Hall–Kier alpha value is -12.0. The normalized spacial score (nSPS) is 14.2. The van der Waals surface area contributed by atoms with Gasteiger partial charge in [0.2, 0.25) is 0 Å². The van der Waals surface area contributed by atoms with Gasteiger partial charge in [0.1, 0.15) is 39.2 Å². The van der Waals surface area contributed by atoms with Gasteiger partial charge in [0.05, 0.1) is 5.56 Å². The van der Waals surface area contributed by atoms with E-state index >= 15 is 0 Å². The third-order valence-corrected chi connectivity index (χ3v) is 20.5. The zero-order valence-corrected chi connectivity index (χ0v) is 53.5. The van der Waals surface area contributed by atoms with Gasteiger partial charge >= 0.3 is 0 Å². The second kappa shape index (κ2) is 20.5. The summed E-state index contributed by atoms with van der Waals surface area (Å²) in [6.45, 7) is 13.8.